The van der Waals surface area contributed by atoms with Gasteiger partial charge in [-0.1, -0.05) is 36.4 Å². The van der Waals surface area contributed by atoms with Gasteiger partial charge in [0.2, 0.25) is 0 Å². The molecule has 0 radical (unpaired) electrons. The van der Waals surface area contributed by atoms with Crippen molar-refractivity contribution in [1.29, 1.82) is 0 Å². The molecule has 2 N–H and O–H groups in total. The van der Waals surface area contributed by atoms with Gasteiger partial charge >= 0.3 is 0 Å². The lowest BCUT2D eigenvalue weighted by Gasteiger charge is -2.30. The van der Waals surface area contributed by atoms with Gasteiger partial charge in [0.05, 0.1) is 5.75 Å². The fraction of sp³-hybridized carbons (Fsp3) is 0.300. The van der Waals surface area contributed by atoms with Gasteiger partial charge < -0.3 is 0 Å². The van der Waals surface area contributed by atoms with Crippen molar-refractivity contribution in [2.75, 3.05) is 5.75 Å². The van der Waals surface area contributed by atoms with Crippen LogP contribution >= 0.6 is 0 Å². The van der Waals surface area contributed by atoms with Crippen molar-refractivity contribution in [3.63, 3.8) is 0 Å². The Morgan fingerprint density at radius 3 is 2.34 bits per heavy atom. The van der Waals surface area contributed by atoms with E-state index in [0.717, 1.165) is 21.1 Å². The number of hydrogen-bond acceptors (Lipinski definition) is 5. The van der Waals surface area contributed by atoms with Crippen LogP contribution in [0.2, 0.25) is 0 Å². The number of hydrogen-bond donors (Lipinski definition) is 2. The molecule has 1 amide bonds. The van der Waals surface area contributed by atoms with E-state index in [4.69, 9.17) is 5.21 Å². The molecular formula is C20H22FN3O4S. The molecule has 9 heteroatoms. The van der Waals surface area contributed by atoms with E-state index in [1.165, 1.54) is 17.6 Å². The van der Waals surface area contributed by atoms with Crippen molar-refractivity contribution in [3.05, 3.63) is 59.9 Å². The van der Waals surface area contributed by atoms with Crippen LogP contribution in [-0.2, 0) is 21.2 Å². The van der Waals surface area contributed by atoms with Crippen molar-refractivity contribution in [2.24, 2.45) is 5.10 Å². The van der Waals surface area contributed by atoms with Gasteiger partial charge in [-0.3, -0.25) is 10.0 Å². The molecule has 0 aromatic heterocycles. The Morgan fingerprint density at radius 1 is 1.17 bits per heavy atom. The zero-order valence-corrected chi connectivity index (χ0v) is 16.7. The van der Waals surface area contributed by atoms with E-state index in [1.807, 2.05) is 24.3 Å². The normalized spacial score (nSPS) is 17.0. The molecule has 29 heavy (non-hydrogen) atoms. The summed E-state index contributed by atoms with van der Waals surface area (Å²) in [5.74, 6) is -1.33. The summed E-state index contributed by atoms with van der Waals surface area (Å²) in [5, 5.41) is 12.9. The van der Waals surface area contributed by atoms with E-state index in [1.54, 1.807) is 19.1 Å². The second-order valence-electron chi connectivity index (χ2n) is 6.91. The van der Waals surface area contributed by atoms with E-state index in [0.29, 0.717) is 12.1 Å². The highest BCUT2D eigenvalue weighted by atomic mass is 32.2. The smallest absolute Gasteiger partial charge is 0.269 e. The third-order valence-electron chi connectivity index (χ3n) is 4.79. The van der Waals surface area contributed by atoms with Crippen LogP contribution in [0.15, 0.2) is 53.6 Å². The number of nitrogens with one attached hydrogen (secondary N) is 1. The van der Waals surface area contributed by atoms with Crippen LogP contribution in [0.25, 0.3) is 11.1 Å². The molecule has 7 nitrogen and oxygen atoms in total. The lowest BCUT2D eigenvalue weighted by Crippen LogP contribution is -2.49. The molecule has 0 saturated heterocycles. The lowest BCUT2D eigenvalue weighted by atomic mass is 10.0. The van der Waals surface area contributed by atoms with E-state index in [9.17, 15) is 17.6 Å². The number of benzene rings is 2. The van der Waals surface area contributed by atoms with Crippen molar-refractivity contribution in [2.45, 2.75) is 32.2 Å². The molecule has 0 bridgehead atoms. The van der Waals surface area contributed by atoms with E-state index in [2.05, 4.69) is 5.10 Å². The average Bonchev–Trinajstić information content (AvgIpc) is 2.73. The van der Waals surface area contributed by atoms with Gasteiger partial charge in [0.15, 0.2) is 0 Å². The minimum Gasteiger partial charge on any atom is -0.289 e. The number of halogens is 1. The highest BCUT2D eigenvalue weighted by molar-refractivity contribution is 7.89. The Morgan fingerprint density at radius 2 is 1.76 bits per heavy atom. The van der Waals surface area contributed by atoms with Gasteiger partial charge in [-0.15, -0.1) is 0 Å². The zero-order valence-electron chi connectivity index (χ0n) is 15.9. The maximum absolute atomic E-state index is 13.0. The van der Waals surface area contributed by atoms with Crippen LogP contribution in [0.4, 0.5) is 4.39 Å². The minimum atomic E-state index is -3.85. The van der Waals surface area contributed by atoms with Crippen LogP contribution in [0.1, 0.15) is 25.3 Å². The molecule has 1 heterocycles. The molecule has 1 unspecified atom stereocenters. The topological polar surface area (TPSA) is 99.1 Å². The molecule has 3 rings (SSSR count). The first-order valence-corrected chi connectivity index (χ1v) is 10.8. The first-order chi connectivity index (χ1) is 13.8. The van der Waals surface area contributed by atoms with Crippen LogP contribution < -0.4 is 5.48 Å². The second-order valence-corrected chi connectivity index (χ2v) is 8.85. The Labute approximate surface area is 168 Å². The molecule has 1 aliphatic heterocycles. The van der Waals surface area contributed by atoms with Crippen LogP contribution in [-0.4, -0.2) is 41.5 Å². The summed E-state index contributed by atoms with van der Waals surface area (Å²) in [4.78, 5) is 11.8. The zero-order chi connectivity index (χ0) is 21.0. The first-order valence-electron chi connectivity index (χ1n) is 9.15. The molecule has 0 saturated carbocycles. The fourth-order valence-electron chi connectivity index (χ4n) is 3.15. The maximum atomic E-state index is 13.0. The lowest BCUT2D eigenvalue weighted by molar-refractivity contribution is -0.133. The third kappa shape index (κ3) is 4.99. The summed E-state index contributed by atoms with van der Waals surface area (Å²) in [6.07, 6.45) is 0.979. The molecule has 2 aromatic carbocycles. The number of rotatable bonds is 6. The molecule has 1 aliphatic rings. The van der Waals surface area contributed by atoms with Crippen molar-refractivity contribution < 1.29 is 22.8 Å². The number of sulfonamides is 1. The molecule has 2 aromatic rings. The van der Waals surface area contributed by atoms with Crippen molar-refractivity contribution in [3.8, 4) is 11.1 Å². The first kappa shape index (κ1) is 20.9. The number of nitrogens with zero attached hydrogens (tertiary/aromatic N) is 2. The van der Waals surface area contributed by atoms with E-state index >= 15 is 0 Å². The monoisotopic (exact) mass is 419 g/mol. The minimum absolute atomic E-state index is 0.227. The van der Waals surface area contributed by atoms with Crippen molar-refractivity contribution >= 4 is 21.6 Å². The van der Waals surface area contributed by atoms with Gasteiger partial charge in [0.1, 0.15) is 11.9 Å². The van der Waals surface area contributed by atoms with E-state index in [-0.39, 0.29) is 24.4 Å². The quantitative estimate of drug-likeness (QED) is 0.556. The number of hydrazone groups is 1. The molecule has 0 aliphatic carbocycles. The van der Waals surface area contributed by atoms with Gasteiger partial charge in [-0.25, -0.2) is 18.3 Å². The maximum Gasteiger partial charge on any atom is 0.269 e. The third-order valence-corrected chi connectivity index (χ3v) is 6.42. The Kier molecular flexibility index (Phi) is 6.29. The standard InChI is InChI=1S/C20H22FN3O4S/c1-14-2-11-19(20(25)23-26)24(22-14)29(27,28)13-12-15-3-5-16(6-4-15)17-7-9-18(21)10-8-17/h3-10,19,26H,2,11-13H2,1H3,(H,23,25). The predicted octanol–water partition coefficient (Wildman–Crippen LogP) is 2.71. The number of carbonyl (C=O) groups excluding carboxylic acids is 1. The van der Waals surface area contributed by atoms with Gasteiger partial charge in [-0.2, -0.15) is 9.52 Å². The van der Waals surface area contributed by atoms with Gasteiger partial charge in [0, 0.05) is 5.71 Å². The number of aryl methyl sites for hydroxylation is 1. The highest BCUT2D eigenvalue weighted by Crippen LogP contribution is 2.23. The van der Waals surface area contributed by atoms with Crippen LogP contribution in [0.3, 0.4) is 0 Å². The summed E-state index contributed by atoms with van der Waals surface area (Å²) >= 11 is 0. The Balaban J connectivity index is 1.71. The van der Waals surface area contributed by atoms with E-state index < -0.39 is 22.0 Å². The summed E-state index contributed by atoms with van der Waals surface area (Å²) in [6, 6.07) is 12.4. The Hall–Kier alpha value is -2.78. The largest absolute Gasteiger partial charge is 0.289 e. The molecular weight excluding hydrogens is 397 g/mol. The molecule has 154 valence electrons. The number of hydroxylamine groups is 1. The highest BCUT2D eigenvalue weighted by Gasteiger charge is 2.36. The van der Waals surface area contributed by atoms with Gasteiger partial charge in [0.25, 0.3) is 15.9 Å². The van der Waals surface area contributed by atoms with Gasteiger partial charge in [-0.05, 0) is 55.0 Å². The Bertz CT molecular complexity index is 1010. The average molecular weight is 419 g/mol. The van der Waals surface area contributed by atoms with Crippen LogP contribution in [0.5, 0.6) is 0 Å². The number of carbonyl (C=O) groups is 1. The molecule has 0 fully saturated rings. The molecule has 1 atom stereocenters. The van der Waals surface area contributed by atoms with Crippen molar-refractivity contribution in [1.82, 2.24) is 9.89 Å². The second kappa shape index (κ2) is 8.71. The summed E-state index contributed by atoms with van der Waals surface area (Å²) in [7, 11) is -3.85. The predicted molar refractivity (Wildman–Crippen MR) is 107 cm³/mol. The fourth-order valence-corrected chi connectivity index (χ4v) is 4.69. The summed E-state index contributed by atoms with van der Waals surface area (Å²) in [5.41, 5.74) is 4.69. The number of amides is 1. The summed E-state index contributed by atoms with van der Waals surface area (Å²) in [6.45, 7) is 1.70. The SMILES string of the molecule is CC1=NN(S(=O)(=O)CCc2ccc(-c3ccc(F)cc3)cc2)C(C(=O)NO)CC1. The summed E-state index contributed by atoms with van der Waals surface area (Å²) < 4.78 is 39.4. The molecule has 0 spiro atoms. The van der Waals surface area contributed by atoms with Crippen LogP contribution in [0, 0.1) is 5.82 Å².